The zero-order chi connectivity index (χ0) is 21.6. The third-order valence-corrected chi connectivity index (χ3v) is 6.01. The highest BCUT2D eigenvalue weighted by atomic mass is 15.5. The molecule has 0 saturated heterocycles. The number of aliphatic imine (C=N–C) groups is 1. The molecule has 1 unspecified atom stereocenters. The number of allylic oxidation sites excluding steroid dienone is 4. The number of benzene rings is 1. The van der Waals surface area contributed by atoms with Crippen LogP contribution in [0, 0.1) is 0 Å². The monoisotopic (exact) mass is 412 g/mol. The van der Waals surface area contributed by atoms with Gasteiger partial charge in [0.25, 0.3) is 0 Å². The highest BCUT2D eigenvalue weighted by molar-refractivity contribution is 5.88. The van der Waals surface area contributed by atoms with E-state index in [1.54, 1.807) is 7.05 Å². The Bertz CT molecular complexity index is 1010. The molecule has 4 rings (SSSR count). The van der Waals surface area contributed by atoms with E-state index in [0.29, 0.717) is 0 Å². The summed E-state index contributed by atoms with van der Waals surface area (Å²) in [7, 11) is 1.80. The second-order valence-electron chi connectivity index (χ2n) is 8.33. The average molecular weight is 413 g/mol. The van der Waals surface area contributed by atoms with Crippen molar-refractivity contribution in [3.05, 3.63) is 83.6 Å². The van der Waals surface area contributed by atoms with Gasteiger partial charge in [0.05, 0.1) is 5.69 Å². The Morgan fingerprint density at radius 1 is 1.19 bits per heavy atom. The fourth-order valence-electron chi connectivity index (χ4n) is 4.09. The van der Waals surface area contributed by atoms with E-state index >= 15 is 0 Å². The molecule has 1 aromatic heterocycles. The van der Waals surface area contributed by atoms with E-state index in [2.05, 4.69) is 78.2 Å². The van der Waals surface area contributed by atoms with Crippen LogP contribution in [0.3, 0.4) is 0 Å². The van der Waals surface area contributed by atoms with Crippen LogP contribution in [0.2, 0.25) is 0 Å². The van der Waals surface area contributed by atoms with Crippen LogP contribution in [0.5, 0.6) is 0 Å². The summed E-state index contributed by atoms with van der Waals surface area (Å²) in [5.41, 5.74) is 9.30. The van der Waals surface area contributed by atoms with E-state index in [1.165, 1.54) is 30.4 Å². The molecule has 160 valence electrons. The van der Waals surface area contributed by atoms with E-state index < -0.39 is 0 Å². The number of nitrogens with zero attached hydrogens (tertiary/aromatic N) is 3. The Hall–Kier alpha value is -2.98. The van der Waals surface area contributed by atoms with Gasteiger partial charge in [-0.2, -0.15) is 0 Å². The molecule has 1 aliphatic heterocycles. The van der Waals surface area contributed by atoms with Crippen LogP contribution in [0.15, 0.2) is 71.9 Å². The minimum absolute atomic E-state index is 0.280. The predicted molar refractivity (Wildman–Crippen MR) is 132 cm³/mol. The maximum Gasteiger partial charge on any atom is 0.156 e. The SMILES string of the molecule is C/C=C\C=C/Cc1cc(C=NC)c(N2C=CC(C)N2)nc1-c1ccc(C2CCC2)cc1. The lowest BCUT2D eigenvalue weighted by Gasteiger charge is -2.26. The standard InChI is InChI=1S/C27H32N4/c1-4-5-6-7-9-24-18-25(19-28-3)27(31-17-16-20(2)30-31)29-26(24)23-14-12-22(13-15-23)21-10-8-11-21/h4-7,12-21,30H,8-11H2,1-3H3/b5-4-,7-6-,28-19?. The van der Waals surface area contributed by atoms with E-state index in [1.807, 2.05) is 24.2 Å². The van der Waals surface area contributed by atoms with Gasteiger partial charge in [-0.25, -0.2) is 10.4 Å². The molecule has 1 saturated carbocycles. The molecule has 31 heavy (non-hydrogen) atoms. The zero-order valence-electron chi connectivity index (χ0n) is 18.8. The summed E-state index contributed by atoms with van der Waals surface area (Å²) in [4.78, 5) is 9.44. The van der Waals surface area contributed by atoms with Crippen molar-refractivity contribution in [2.75, 3.05) is 12.1 Å². The summed E-state index contributed by atoms with van der Waals surface area (Å²) in [5.74, 6) is 1.62. The minimum Gasteiger partial charge on any atom is -0.296 e. The summed E-state index contributed by atoms with van der Waals surface area (Å²) < 4.78 is 0. The Morgan fingerprint density at radius 2 is 2.00 bits per heavy atom. The molecule has 2 heterocycles. The summed E-state index contributed by atoms with van der Waals surface area (Å²) in [5, 5.41) is 2.01. The van der Waals surface area contributed by atoms with Gasteiger partial charge in [-0.05, 0) is 62.3 Å². The van der Waals surface area contributed by atoms with Crippen molar-refractivity contribution in [3.63, 3.8) is 0 Å². The predicted octanol–water partition coefficient (Wildman–Crippen LogP) is 5.97. The summed E-state index contributed by atoms with van der Waals surface area (Å²) in [6.45, 7) is 4.16. The molecular formula is C27H32N4. The number of hydrazine groups is 1. The third-order valence-electron chi connectivity index (χ3n) is 6.01. The quantitative estimate of drug-likeness (QED) is 0.450. The van der Waals surface area contributed by atoms with Crippen molar-refractivity contribution in [1.82, 2.24) is 10.4 Å². The van der Waals surface area contributed by atoms with Gasteiger partial charge in [0.15, 0.2) is 5.82 Å². The fraction of sp³-hybridized carbons (Fsp3) is 0.333. The Kier molecular flexibility index (Phi) is 6.78. The van der Waals surface area contributed by atoms with Gasteiger partial charge < -0.3 is 0 Å². The number of anilines is 1. The first-order chi connectivity index (χ1) is 15.2. The summed E-state index contributed by atoms with van der Waals surface area (Å²) in [6.07, 6.45) is 19.3. The molecule has 0 amide bonds. The molecule has 0 radical (unpaired) electrons. The van der Waals surface area contributed by atoms with Crippen LogP contribution in [0.1, 0.15) is 55.7 Å². The van der Waals surface area contributed by atoms with Gasteiger partial charge >= 0.3 is 0 Å². The molecule has 1 aliphatic carbocycles. The molecule has 2 aromatic rings. The molecule has 2 aliphatic rings. The van der Waals surface area contributed by atoms with E-state index in [9.17, 15) is 0 Å². The van der Waals surface area contributed by atoms with Gasteiger partial charge in [-0.15, -0.1) is 0 Å². The van der Waals surface area contributed by atoms with Gasteiger partial charge in [-0.3, -0.25) is 10.0 Å². The Morgan fingerprint density at radius 3 is 2.61 bits per heavy atom. The topological polar surface area (TPSA) is 40.5 Å². The van der Waals surface area contributed by atoms with Gasteiger partial charge in [0.1, 0.15) is 0 Å². The molecule has 1 aromatic carbocycles. The number of rotatable bonds is 7. The fourth-order valence-corrected chi connectivity index (χ4v) is 4.09. The van der Waals surface area contributed by atoms with Crippen LogP contribution in [-0.4, -0.2) is 24.3 Å². The molecule has 1 atom stereocenters. The van der Waals surface area contributed by atoms with Crippen LogP contribution in [-0.2, 0) is 6.42 Å². The summed E-state index contributed by atoms with van der Waals surface area (Å²) >= 11 is 0. The van der Waals surface area contributed by atoms with Gasteiger partial charge in [-0.1, -0.05) is 55.0 Å². The van der Waals surface area contributed by atoms with E-state index in [4.69, 9.17) is 4.98 Å². The van der Waals surface area contributed by atoms with Crippen molar-refractivity contribution in [2.24, 2.45) is 4.99 Å². The van der Waals surface area contributed by atoms with Crippen molar-refractivity contribution in [1.29, 1.82) is 0 Å². The highest BCUT2D eigenvalue weighted by Gasteiger charge is 2.21. The van der Waals surface area contributed by atoms with Gasteiger partial charge in [0.2, 0.25) is 0 Å². The molecular weight excluding hydrogens is 380 g/mol. The smallest absolute Gasteiger partial charge is 0.156 e. The first kappa shape index (κ1) is 21.3. The van der Waals surface area contributed by atoms with E-state index in [0.717, 1.165) is 35.0 Å². The lowest BCUT2D eigenvalue weighted by molar-refractivity contribution is 0.420. The average Bonchev–Trinajstić information content (AvgIpc) is 3.17. The lowest BCUT2D eigenvalue weighted by Crippen LogP contribution is -2.35. The number of aromatic nitrogens is 1. The first-order valence-electron chi connectivity index (χ1n) is 11.3. The molecule has 0 spiro atoms. The maximum atomic E-state index is 5.15. The Balaban J connectivity index is 1.76. The van der Waals surface area contributed by atoms with Crippen LogP contribution < -0.4 is 10.4 Å². The maximum absolute atomic E-state index is 5.15. The molecule has 4 heteroatoms. The molecule has 1 N–H and O–H groups in total. The number of pyridine rings is 1. The van der Waals surface area contributed by atoms with Crippen molar-refractivity contribution in [2.45, 2.75) is 51.5 Å². The Labute approximate surface area is 186 Å². The second kappa shape index (κ2) is 9.88. The normalized spacial score (nSPS) is 19.3. The third kappa shape index (κ3) is 4.86. The molecule has 0 bridgehead atoms. The van der Waals surface area contributed by atoms with Crippen LogP contribution in [0.4, 0.5) is 5.82 Å². The van der Waals surface area contributed by atoms with Gasteiger partial charge in [0, 0.05) is 36.6 Å². The number of hydrogen-bond donors (Lipinski definition) is 1. The summed E-state index contributed by atoms with van der Waals surface area (Å²) in [6, 6.07) is 11.6. The highest BCUT2D eigenvalue weighted by Crippen LogP contribution is 2.37. The van der Waals surface area contributed by atoms with Crippen molar-refractivity contribution in [3.8, 4) is 11.3 Å². The zero-order valence-corrected chi connectivity index (χ0v) is 18.8. The van der Waals surface area contributed by atoms with Crippen LogP contribution >= 0.6 is 0 Å². The van der Waals surface area contributed by atoms with E-state index in [-0.39, 0.29) is 6.04 Å². The van der Waals surface area contributed by atoms with Crippen LogP contribution in [0.25, 0.3) is 11.3 Å². The second-order valence-corrected chi connectivity index (χ2v) is 8.33. The van der Waals surface area contributed by atoms with Crippen molar-refractivity contribution >= 4 is 12.0 Å². The number of nitrogens with one attached hydrogen (secondary N) is 1. The molecule has 1 fully saturated rings. The molecule has 4 nitrogen and oxygen atoms in total. The first-order valence-corrected chi connectivity index (χ1v) is 11.3. The number of hydrogen-bond acceptors (Lipinski definition) is 4. The lowest BCUT2D eigenvalue weighted by atomic mass is 9.80. The largest absolute Gasteiger partial charge is 0.296 e. The minimum atomic E-state index is 0.280. The van der Waals surface area contributed by atoms with Crippen molar-refractivity contribution < 1.29 is 0 Å².